The number of anilines is 1. The van der Waals surface area contributed by atoms with Gasteiger partial charge in [-0.1, -0.05) is 216 Å². The highest BCUT2D eigenvalue weighted by molar-refractivity contribution is 6.43. The molecular formula is C57H94Cl2N4O4. The van der Waals surface area contributed by atoms with E-state index < -0.39 is 0 Å². The van der Waals surface area contributed by atoms with Crippen LogP contribution in [-0.4, -0.2) is 81.0 Å². The second kappa shape index (κ2) is 37.2. The number of ether oxygens (including phenoxy) is 3. The fraction of sp³-hybridized carbons (Fsp3) is 0.754. The number of piperazine rings is 1. The Morgan fingerprint density at radius 1 is 0.597 bits per heavy atom. The quantitative estimate of drug-likeness (QED) is 0.0491. The molecule has 1 saturated heterocycles. The van der Waals surface area contributed by atoms with Crippen molar-refractivity contribution < 1.29 is 19.0 Å². The third kappa shape index (κ3) is 25.1. The van der Waals surface area contributed by atoms with Crippen molar-refractivity contribution in [3.05, 3.63) is 52.0 Å². The van der Waals surface area contributed by atoms with Gasteiger partial charge in [-0.15, -0.1) is 0 Å². The van der Waals surface area contributed by atoms with Crippen LogP contribution >= 0.6 is 23.2 Å². The molecule has 0 N–H and O–H groups in total. The minimum absolute atomic E-state index is 0.111. The van der Waals surface area contributed by atoms with Crippen LogP contribution in [-0.2, 0) is 15.9 Å². The standard InChI is InChI=1S/C57H94Cl2N4O4/c1-3-5-7-9-11-13-15-17-19-21-23-25-27-29-41-63(42-30-28-26-24-22-20-18-16-14-12-10-8-6-4-2)57(64)67-49-66-55-39-37-50-36-38-51(48-53(50)60-55)65-47-32-31-40-61-43-45-62(46-44-61)54-35-33-34-52(58)56(54)59/h33-36,38,48H,3-32,37,39-47,49H2,1-2H3. The molecule has 0 atom stereocenters. The van der Waals surface area contributed by atoms with E-state index in [1.54, 1.807) is 0 Å². The van der Waals surface area contributed by atoms with E-state index >= 15 is 0 Å². The molecule has 0 radical (unpaired) electrons. The van der Waals surface area contributed by atoms with Gasteiger partial charge in [0.05, 0.1) is 28.0 Å². The topological polar surface area (TPSA) is 66.8 Å². The molecule has 10 heteroatoms. The number of carbonyl (C=O) groups excluding carboxylic acids is 1. The van der Waals surface area contributed by atoms with E-state index in [1.165, 1.54) is 173 Å². The molecule has 1 amide bonds. The van der Waals surface area contributed by atoms with E-state index in [1.807, 2.05) is 29.2 Å². The highest BCUT2D eigenvalue weighted by Gasteiger charge is 2.20. The maximum Gasteiger partial charge on any atom is 0.412 e. The molecule has 4 rings (SSSR count). The number of aliphatic imine (C=N–C) groups is 1. The Morgan fingerprint density at radius 2 is 1.12 bits per heavy atom. The van der Waals surface area contributed by atoms with E-state index in [0.29, 0.717) is 29.0 Å². The van der Waals surface area contributed by atoms with Crippen molar-refractivity contribution in [3.63, 3.8) is 0 Å². The van der Waals surface area contributed by atoms with Gasteiger partial charge in [0.1, 0.15) is 5.75 Å². The molecule has 67 heavy (non-hydrogen) atoms. The van der Waals surface area contributed by atoms with Crippen LogP contribution in [0.1, 0.15) is 218 Å². The van der Waals surface area contributed by atoms with Crippen LogP contribution in [0.15, 0.2) is 41.4 Å². The fourth-order valence-corrected chi connectivity index (χ4v) is 10.0. The summed E-state index contributed by atoms with van der Waals surface area (Å²) in [7, 11) is 0. The SMILES string of the molecule is CCCCCCCCCCCCCCCCN(CCCCCCCCCCCCCCCC)C(=O)OCOC1=Nc2cc(OCCCCN3CCN(c4cccc(Cl)c4Cl)CC3)ccc2CC1. The highest BCUT2D eigenvalue weighted by Crippen LogP contribution is 2.33. The van der Waals surface area contributed by atoms with Crippen molar-refractivity contribution >= 4 is 46.6 Å². The molecule has 2 heterocycles. The largest absolute Gasteiger partial charge is 0.494 e. The summed E-state index contributed by atoms with van der Waals surface area (Å²) in [6, 6.07) is 12.0. The van der Waals surface area contributed by atoms with E-state index in [4.69, 9.17) is 42.4 Å². The summed E-state index contributed by atoms with van der Waals surface area (Å²) >= 11 is 12.7. The second-order valence-electron chi connectivity index (χ2n) is 19.6. The first-order valence-electron chi connectivity index (χ1n) is 27.8. The van der Waals surface area contributed by atoms with Gasteiger partial charge < -0.3 is 24.0 Å². The summed E-state index contributed by atoms with van der Waals surface area (Å²) in [6.45, 7) is 11.6. The number of halogens is 2. The van der Waals surface area contributed by atoms with Crippen LogP contribution in [0.3, 0.4) is 0 Å². The van der Waals surface area contributed by atoms with E-state index in [9.17, 15) is 4.79 Å². The van der Waals surface area contributed by atoms with Gasteiger partial charge in [0.2, 0.25) is 6.79 Å². The van der Waals surface area contributed by atoms with Crippen LogP contribution in [0.5, 0.6) is 5.75 Å². The maximum absolute atomic E-state index is 13.4. The van der Waals surface area contributed by atoms with Crippen LogP contribution in [0.25, 0.3) is 0 Å². The Bertz CT molecular complexity index is 1570. The number of nitrogens with zero attached hydrogens (tertiary/aromatic N) is 4. The lowest BCUT2D eigenvalue weighted by atomic mass is 10.0. The third-order valence-electron chi connectivity index (χ3n) is 13.9. The number of benzene rings is 2. The van der Waals surface area contributed by atoms with Crippen molar-refractivity contribution in [3.8, 4) is 5.75 Å². The van der Waals surface area contributed by atoms with Crippen molar-refractivity contribution in [2.75, 3.05) is 64.1 Å². The molecule has 2 aromatic carbocycles. The minimum Gasteiger partial charge on any atom is -0.494 e. The van der Waals surface area contributed by atoms with Gasteiger partial charge in [0.25, 0.3) is 0 Å². The molecule has 380 valence electrons. The molecule has 2 aliphatic rings. The van der Waals surface area contributed by atoms with Gasteiger partial charge in [-0.3, -0.25) is 4.90 Å². The molecule has 2 aromatic rings. The fourth-order valence-electron chi connectivity index (χ4n) is 9.59. The van der Waals surface area contributed by atoms with Crippen LogP contribution < -0.4 is 9.64 Å². The van der Waals surface area contributed by atoms with Gasteiger partial charge in [0, 0.05) is 51.8 Å². The summed E-state index contributed by atoms with van der Waals surface area (Å²) in [5.74, 6) is 1.44. The molecule has 0 saturated carbocycles. The summed E-state index contributed by atoms with van der Waals surface area (Å²) in [5, 5.41) is 1.25. The zero-order valence-corrected chi connectivity index (χ0v) is 44.1. The molecular weight excluding hydrogens is 876 g/mol. The zero-order valence-electron chi connectivity index (χ0n) is 42.6. The first kappa shape index (κ1) is 56.9. The lowest BCUT2D eigenvalue weighted by Gasteiger charge is -2.36. The van der Waals surface area contributed by atoms with Crippen molar-refractivity contribution in [1.29, 1.82) is 0 Å². The molecule has 8 nitrogen and oxygen atoms in total. The summed E-state index contributed by atoms with van der Waals surface area (Å²) in [5.41, 5.74) is 3.08. The first-order chi connectivity index (χ1) is 33.0. The molecule has 0 aliphatic carbocycles. The lowest BCUT2D eigenvalue weighted by Crippen LogP contribution is -2.46. The lowest BCUT2D eigenvalue weighted by molar-refractivity contribution is 0.0270. The van der Waals surface area contributed by atoms with Crippen molar-refractivity contribution in [2.24, 2.45) is 4.99 Å². The zero-order chi connectivity index (χ0) is 47.4. The first-order valence-corrected chi connectivity index (χ1v) is 28.5. The van der Waals surface area contributed by atoms with Gasteiger partial charge in [-0.2, -0.15) is 0 Å². The van der Waals surface area contributed by atoms with E-state index in [2.05, 4.69) is 35.8 Å². The molecule has 0 aromatic heterocycles. The molecule has 0 unspecified atom stereocenters. The monoisotopic (exact) mass is 969 g/mol. The molecule has 0 bridgehead atoms. The smallest absolute Gasteiger partial charge is 0.412 e. The summed E-state index contributed by atoms with van der Waals surface area (Å²) in [4.78, 5) is 25.0. The van der Waals surface area contributed by atoms with E-state index in [-0.39, 0.29) is 12.9 Å². The normalized spacial score (nSPS) is 14.0. The van der Waals surface area contributed by atoms with Crippen LogP contribution in [0.2, 0.25) is 10.0 Å². The Hall–Kier alpha value is -2.68. The second-order valence-corrected chi connectivity index (χ2v) is 20.4. The van der Waals surface area contributed by atoms with Gasteiger partial charge >= 0.3 is 6.09 Å². The molecule has 2 aliphatic heterocycles. The van der Waals surface area contributed by atoms with Crippen LogP contribution in [0.4, 0.5) is 16.2 Å². The number of unbranched alkanes of at least 4 members (excludes halogenated alkanes) is 27. The Kier molecular flexibility index (Phi) is 31.6. The van der Waals surface area contributed by atoms with Crippen molar-refractivity contribution in [1.82, 2.24) is 9.80 Å². The number of aryl methyl sites for hydroxylation is 1. The number of hydrogen-bond donors (Lipinski definition) is 0. The highest BCUT2D eigenvalue weighted by atomic mass is 35.5. The van der Waals surface area contributed by atoms with Gasteiger partial charge in [0.15, 0.2) is 5.90 Å². The number of hydrogen-bond acceptors (Lipinski definition) is 7. The Morgan fingerprint density at radius 3 is 1.66 bits per heavy atom. The minimum atomic E-state index is -0.262. The number of amides is 1. The number of carbonyl (C=O) groups is 1. The third-order valence-corrected chi connectivity index (χ3v) is 14.7. The predicted molar refractivity (Wildman–Crippen MR) is 286 cm³/mol. The van der Waals surface area contributed by atoms with Gasteiger partial charge in [-0.05, 0) is 62.4 Å². The average Bonchev–Trinajstić information content (AvgIpc) is 3.34. The maximum atomic E-state index is 13.4. The summed E-state index contributed by atoms with van der Waals surface area (Å²) in [6.07, 6.45) is 40.5. The predicted octanol–water partition coefficient (Wildman–Crippen LogP) is 17.3. The average molecular weight is 970 g/mol. The van der Waals surface area contributed by atoms with Gasteiger partial charge in [-0.25, -0.2) is 9.79 Å². The van der Waals surface area contributed by atoms with Crippen molar-refractivity contribution in [2.45, 2.75) is 219 Å². The Balaban J connectivity index is 1.10. The molecule has 1 fully saturated rings. The Labute approximate surface area is 419 Å². The summed E-state index contributed by atoms with van der Waals surface area (Å²) < 4.78 is 17.9. The van der Waals surface area contributed by atoms with Crippen LogP contribution in [0, 0.1) is 0 Å². The molecule has 0 spiro atoms. The van der Waals surface area contributed by atoms with E-state index in [0.717, 1.165) is 95.0 Å². The number of fused-ring (bicyclic) bond motifs is 1. The number of rotatable bonds is 39.